The van der Waals surface area contributed by atoms with E-state index in [9.17, 15) is 4.79 Å². The van der Waals surface area contributed by atoms with Gasteiger partial charge in [-0.05, 0) is 23.8 Å². The maximum atomic E-state index is 11.8. The van der Waals surface area contributed by atoms with E-state index in [0.717, 1.165) is 5.56 Å². The molecule has 0 aliphatic heterocycles. The van der Waals surface area contributed by atoms with Crippen LogP contribution in [0.2, 0.25) is 0 Å². The van der Waals surface area contributed by atoms with Gasteiger partial charge < -0.3 is 9.32 Å². The van der Waals surface area contributed by atoms with Crippen LogP contribution in [0.15, 0.2) is 47.3 Å². The maximum Gasteiger partial charge on any atom is 0.289 e. The molecule has 0 N–H and O–H groups in total. The highest BCUT2D eigenvalue weighted by Crippen LogP contribution is 2.07. The molecule has 0 aliphatic rings. The molecule has 2 aromatic rings. The van der Waals surface area contributed by atoms with Crippen LogP contribution in [0.1, 0.15) is 16.1 Å². The zero-order chi connectivity index (χ0) is 11.4. The van der Waals surface area contributed by atoms with Gasteiger partial charge in [0.2, 0.25) is 0 Å². The van der Waals surface area contributed by atoms with Crippen molar-refractivity contribution in [1.82, 2.24) is 9.88 Å². The van der Waals surface area contributed by atoms with E-state index in [1.54, 1.807) is 36.5 Å². The van der Waals surface area contributed by atoms with Crippen molar-refractivity contribution in [2.45, 2.75) is 6.54 Å². The molecule has 16 heavy (non-hydrogen) atoms. The summed E-state index contributed by atoms with van der Waals surface area (Å²) in [5.41, 5.74) is 0.991. The summed E-state index contributed by atoms with van der Waals surface area (Å²) < 4.78 is 5.05. The third-order valence-electron chi connectivity index (χ3n) is 2.22. The average Bonchev–Trinajstić information content (AvgIpc) is 2.83. The lowest BCUT2D eigenvalue weighted by molar-refractivity contribution is 0.0753. The molecule has 0 saturated heterocycles. The normalized spacial score (nSPS) is 10.1. The van der Waals surface area contributed by atoms with E-state index in [1.807, 2.05) is 12.1 Å². The molecule has 0 radical (unpaired) electrons. The molecular formula is C12H12N2O2. The fourth-order valence-corrected chi connectivity index (χ4v) is 1.43. The summed E-state index contributed by atoms with van der Waals surface area (Å²) in [4.78, 5) is 17.4. The highest BCUT2D eigenvalue weighted by atomic mass is 16.3. The number of aromatic nitrogens is 1. The van der Waals surface area contributed by atoms with E-state index in [0.29, 0.717) is 12.3 Å². The molecule has 0 fully saturated rings. The number of rotatable bonds is 3. The Kier molecular flexibility index (Phi) is 3.00. The lowest BCUT2D eigenvalue weighted by Crippen LogP contribution is -2.25. The first-order chi connectivity index (χ1) is 7.77. The molecule has 0 aliphatic carbocycles. The van der Waals surface area contributed by atoms with Gasteiger partial charge in [-0.2, -0.15) is 0 Å². The second-order valence-electron chi connectivity index (χ2n) is 3.50. The van der Waals surface area contributed by atoms with Crippen LogP contribution in [0.4, 0.5) is 0 Å². The van der Waals surface area contributed by atoms with Crippen molar-refractivity contribution >= 4 is 5.91 Å². The first kappa shape index (κ1) is 10.4. The second-order valence-corrected chi connectivity index (χ2v) is 3.50. The zero-order valence-electron chi connectivity index (χ0n) is 8.96. The van der Waals surface area contributed by atoms with E-state index >= 15 is 0 Å². The number of pyridine rings is 1. The molecule has 0 aromatic carbocycles. The molecule has 0 unspecified atom stereocenters. The van der Waals surface area contributed by atoms with E-state index in [4.69, 9.17) is 4.42 Å². The number of hydrogen-bond acceptors (Lipinski definition) is 3. The largest absolute Gasteiger partial charge is 0.459 e. The Bertz CT molecular complexity index is 451. The lowest BCUT2D eigenvalue weighted by atomic mass is 10.2. The summed E-state index contributed by atoms with van der Waals surface area (Å²) in [5, 5.41) is 0. The van der Waals surface area contributed by atoms with Gasteiger partial charge >= 0.3 is 0 Å². The zero-order valence-corrected chi connectivity index (χ0v) is 8.96. The molecule has 2 heterocycles. The summed E-state index contributed by atoms with van der Waals surface area (Å²) in [6, 6.07) is 7.13. The summed E-state index contributed by atoms with van der Waals surface area (Å²) >= 11 is 0. The monoisotopic (exact) mass is 216 g/mol. The molecule has 0 bridgehead atoms. The predicted octanol–water partition coefficient (Wildman–Crippen LogP) is 1.95. The minimum atomic E-state index is -0.131. The van der Waals surface area contributed by atoms with Crippen LogP contribution < -0.4 is 0 Å². The van der Waals surface area contributed by atoms with Gasteiger partial charge in [0.05, 0.1) is 6.26 Å². The van der Waals surface area contributed by atoms with Crippen LogP contribution in [-0.4, -0.2) is 22.8 Å². The molecule has 2 rings (SSSR count). The maximum absolute atomic E-state index is 11.8. The second kappa shape index (κ2) is 4.61. The fourth-order valence-electron chi connectivity index (χ4n) is 1.43. The SMILES string of the molecule is CN(Cc1cccnc1)C(=O)c1ccco1. The van der Waals surface area contributed by atoms with Crippen molar-refractivity contribution in [3.05, 3.63) is 54.2 Å². The van der Waals surface area contributed by atoms with Crippen LogP contribution in [0.5, 0.6) is 0 Å². The van der Waals surface area contributed by atoms with E-state index in [-0.39, 0.29) is 5.91 Å². The molecule has 0 spiro atoms. The van der Waals surface area contributed by atoms with Gasteiger partial charge in [0, 0.05) is 26.0 Å². The van der Waals surface area contributed by atoms with Crippen LogP contribution >= 0.6 is 0 Å². The van der Waals surface area contributed by atoms with Crippen molar-refractivity contribution in [1.29, 1.82) is 0 Å². The average molecular weight is 216 g/mol. The smallest absolute Gasteiger partial charge is 0.289 e. The van der Waals surface area contributed by atoms with Crippen LogP contribution in [0, 0.1) is 0 Å². The number of amides is 1. The van der Waals surface area contributed by atoms with Gasteiger partial charge in [-0.1, -0.05) is 6.07 Å². The minimum Gasteiger partial charge on any atom is -0.459 e. The number of furan rings is 1. The highest BCUT2D eigenvalue weighted by molar-refractivity contribution is 5.91. The van der Waals surface area contributed by atoms with Crippen molar-refractivity contribution in [2.75, 3.05) is 7.05 Å². The Morgan fingerprint density at radius 3 is 2.94 bits per heavy atom. The van der Waals surface area contributed by atoms with Crippen molar-refractivity contribution in [2.24, 2.45) is 0 Å². The number of carbonyl (C=O) groups excluding carboxylic acids is 1. The van der Waals surface area contributed by atoms with Crippen molar-refractivity contribution in [3.63, 3.8) is 0 Å². The van der Waals surface area contributed by atoms with Crippen molar-refractivity contribution in [3.8, 4) is 0 Å². The van der Waals surface area contributed by atoms with Gasteiger partial charge in [-0.3, -0.25) is 9.78 Å². The minimum absolute atomic E-state index is 0.131. The number of hydrogen-bond donors (Lipinski definition) is 0. The first-order valence-corrected chi connectivity index (χ1v) is 4.95. The standard InChI is InChI=1S/C12H12N2O2/c1-14(9-10-4-2-6-13-8-10)12(15)11-5-3-7-16-11/h2-8H,9H2,1H3. The number of carbonyl (C=O) groups is 1. The van der Waals surface area contributed by atoms with Gasteiger partial charge in [-0.25, -0.2) is 0 Å². The first-order valence-electron chi connectivity index (χ1n) is 4.95. The molecule has 0 saturated carbocycles. The Balaban J connectivity index is 2.04. The third kappa shape index (κ3) is 2.28. The molecule has 4 heteroatoms. The van der Waals surface area contributed by atoms with Crippen LogP contribution in [0.25, 0.3) is 0 Å². The highest BCUT2D eigenvalue weighted by Gasteiger charge is 2.14. The third-order valence-corrected chi connectivity index (χ3v) is 2.22. The molecule has 82 valence electrons. The molecule has 1 amide bonds. The van der Waals surface area contributed by atoms with Crippen molar-refractivity contribution < 1.29 is 9.21 Å². The summed E-state index contributed by atoms with van der Waals surface area (Å²) in [7, 11) is 1.73. The van der Waals surface area contributed by atoms with Crippen LogP contribution in [-0.2, 0) is 6.54 Å². The molecular weight excluding hydrogens is 204 g/mol. The van der Waals surface area contributed by atoms with Crippen LogP contribution in [0.3, 0.4) is 0 Å². The Morgan fingerprint density at radius 2 is 2.31 bits per heavy atom. The predicted molar refractivity (Wildman–Crippen MR) is 58.7 cm³/mol. The van der Waals surface area contributed by atoms with E-state index in [2.05, 4.69) is 4.98 Å². The summed E-state index contributed by atoms with van der Waals surface area (Å²) in [5.74, 6) is 0.222. The Labute approximate surface area is 93.5 Å². The van der Waals surface area contributed by atoms with Gasteiger partial charge in [0.1, 0.15) is 0 Å². The fraction of sp³-hybridized carbons (Fsp3) is 0.167. The molecule has 2 aromatic heterocycles. The van der Waals surface area contributed by atoms with Gasteiger partial charge in [0.25, 0.3) is 5.91 Å². The Morgan fingerprint density at radius 1 is 1.44 bits per heavy atom. The molecule has 4 nitrogen and oxygen atoms in total. The quantitative estimate of drug-likeness (QED) is 0.787. The van der Waals surface area contributed by atoms with E-state index < -0.39 is 0 Å². The number of nitrogens with zero attached hydrogens (tertiary/aromatic N) is 2. The lowest BCUT2D eigenvalue weighted by Gasteiger charge is -2.15. The van der Waals surface area contributed by atoms with E-state index in [1.165, 1.54) is 6.26 Å². The molecule has 0 atom stereocenters. The topological polar surface area (TPSA) is 46.3 Å². The summed E-state index contributed by atoms with van der Waals surface area (Å²) in [6.45, 7) is 0.521. The van der Waals surface area contributed by atoms with Gasteiger partial charge in [0.15, 0.2) is 5.76 Å². The Hall–Kier alpha value is -2.10. The summed E-state index contributed by atoms with van der Waals surface area (Å²) in [6.07, 6.45) is 4.94. The van der Waals surface area contributed by atoms with Gasteiger partial charge in [-0.15, -0.1) is 0 Å².